The first-order chi connectivity index (χ1) is 12.2. The van der Waals surface area contributed by atoms with E-state index in [1.165, 1.54) is 19.9 Å². The largest absolute Gasteiger partial charge is 0.390 e. The van der Waals surface area contributed by atoms with Gasteiger partial charge in [0.15, 0.2) is 9.84 Å². The Kier molecular flexibility index (Phi) is 5.81. The van der Waals surface area contributed by atoms with E-state index in [2.05, 4.69) is 10.5 Å². The average Bonchev–Trinajstić information content (AvgIpc) is 3.03. The summed E-state index contributed by atoms with van der Waals surface area (Å²) in [5.74, 6) is -0.639. The van der Waals surface area contributed by atoms with Crippen LogP contribution in [0.2, 0.25) is 0 Å². The Balaban J connectivity index is 2.19. The molecule has 154 valence electrons. The molecule has 0 saturated carbocycles. The van der Waals surface area contributed by atoms with Crippen molar-refractivity contribution in [3.05, 3.63) is 11.8 Å². The predicted octanol–water partition coefficient (Wildman–Crippen LogP) is 2.03. The van der Waals surface area contributed by atoms with Crippen LogP contribution in [0.4, 0.5) is 5.88 Å². The lowest BCUT2D eigenvalue weighted by Crippen LogP contribution is -2.50. The van der Waals surface area contributed by atoms with Crippen molar-refractivity contribution in [2.75, 3.05) is 18.5 Å². The average molecular weight is 403 g/mol. The maximum absolute atomic E-state index is 12.9. The van der Waals surface area contributed by atoms with Crippen LogP contribution >= 0.6 is 0 Å². The number of nitrogens with one attached hydrogen (secondary N) is 1. The van der Waals surface area contributed by atoms with Crippen LogP contribution in [0.3, 0.4) is 0 Å². The molecule has 27 heavy (non-hydrogen) atoms. The zero-order valence-corrected chi connectivity index (χ0v) is 17.6. The summed E-state index contributed by atoms with van der Waals surface area (Å²) in [5, 5.41) is 16.1. The molecular weight excluding hydrogens is 372 g/mol. The lowest BCUT2D eigenvalue weighted by atomic mass is 9.75. The summed E-state index contributed by atoms with van der Waals surface area (Å²) < 4.78 is 34.6. The molecule has 2 N–H and O–H groups in total. The van der Waals surface area contributed by atoms with Gasteiger partial charge in [-0.2, -0.15) is 0 Å². The van der Waals surface area contributed by atoms with Crippen LogP contribution in [-0.2, 0) is 24.8 Å². The Morgan fingerprint density at radius 1 is 1.19 bits per heavy atom. The molecule has 2 rings (SSSR count). The number of hydrogen-bond acceptors (Lipinski definition) is 7. The van der Waals surface area contributed by atoms with Gasteiger partial charge in [0, 0.05) is 24.7 Å². The van der Waals surface area contributed by atoms with Gasteiger partial charge in [-0.05, 0) is 40.5 Å². The van der Waals surface area contributed by atoms with Crippen molar-refractivity contribution in [2.24, 2.45) is 0 Å². The summed E-state index contributed by atoms with van der Waals surface area (Å²) >= 11 is 0. The van der Waals surface area contributed by atoms with E-state index in [-0.39, 0.29) is 5.88 Å². The van der Waals surface area contributed by atoms with E-state index in [1.54, 1.807) is 27.7 Å². The Labute approximate surface area is 160 Å². The number of ether oxygens (including phenoxy) is 1. The number of nitrogens with zero attached hydrogens (tertiary/aromatic N) is 1. The molecule has 0 aliphatic carbocycles. The zero-order valence-electron chi connectivity index (χ0n) is 16.8. The number of aliphatic hydroxyl groups is 1. The smallest absolute Gasteiger partial charge is 0.247 e. The third-order valence-electron chi connectivity index (χ3n) is 5.78. The van der Waals surface area contributed by atoms with Crippen LogP contribution in [0.5, 0.6) is 0 Å². The highest BCUT2D eigenvalue weighted by molar-refractivity contribution is 7.94. The Hall–Kier alpha value is -1.45. The van der Waals surface area contributed by atoms with Gasteiger partial charge in [-0.1, -0.05) is 19.0 Å². The van der Waals surface area contributed by atoms with Crippen LogP contribution in [0.15, 0.2) is 10.6 Å². The van der Waals surface area contributed by atoms with Crippen molar-refractivity contribution < 1.29 is 27.6 Å². The third-order valence-corrected chi connectivity index (χ3v) is 8.74. The Bertz CT molecular complexity index is 783. The molecule has 0 radical (unpaired) electrons. The fourth-order valence-electron chi connectivity index (χ4n) is 2.74. The van der Waals surface area contributed by atoms with Crippen molar-refractivity contribution in [1.82, 2.24) is 5.16 Å². The number of sulfone groups is 1. The molecule has 1 aliphatic heterocycles. The number of aromatic nitrogens is 1. The quantitative estimate of drug-likeness (QED) is 0.747. The molecule has 0 aromatic carbocycles. The molecule has 1 aromatic rings. The SMILES string of the molecule is CC(C)(O)C(C)(C)c1cc(NC(=O)C(C)(C)S(=O)(=O)C2CCOCC2)on1. The molecule has 1 saturated heterocycles. The highest BCUT2D eigenvalue weighted by atomic mass is 32.2. The first kappa shape index (κ1) is 21.8. The second kappa shape index (κ2) is 7.18. The molecule has 0 atom stereocenters. The number of carbonyl (C=O) groups is 1. The molecule has 8 nitrogen and oxygen atoms in total. The zero-order chi connectivity index (χ0) is 20.7. The Morgan fingerprint density at radius 3 is 2.26 bits per heavy atom. The minimum Gasteiger partial charge on any atom is -0.390 e. The van der Waals surface area contributed by atoms with Gasteiger partial charge in [0.1, 0.15) is 4.75 Å². The first-order valence-corrected chi connectivity index (χ1v) is 10.6. The summed E-state index contributed by atoms with van der Waals surface area (Å²) in [7, 11) is -3.72. The van der Waals surface area contributed by atoms with Gasteiger partial charge in [-0.25, -0.2) is 8.42 Å². The molecule has 0 unspecified atom stereocenters. The second-order valence-electron chi connectivity index (χ2n) is 8.58. The van der Waals surface area contributed by atoms with Gasteiger partial charge < -0.3 is 14.4 Å². The standard InChI is InChI=1S/C18H30N2O6S/c1-16(2,18(5,6)22)13-11-14(26-20-13)19-15(21)17(3,4)27(23,24)12-7-9-25-10-8-12/h11-12,22H,7-10H2,1-6H3,(H,19,21). The molecule has 1 aliphatic rings. The van der Waals surface area contributed by atoms with E-state index in [0.717, 1.165) is 0 Å². The molecule has 1 amide bonds. The summed E-state index contributed by atoms with van der Waals surface area (Å²) in [6.45, 7) is 10.5. The molecule has 2 heterocycles. The van der Waals surface area contributed by atoms with Gasteiger partial charge in [-0.15, -0.1) is 0 Å². The minimum absolute atomic E-state index is 0.0441. The van der Waals surface area contributed by atoms with Crippen LogP contribution in [0.1, 0.15) is 60.1 Å². The molecule has 0 bridgehead atoms. The van der Waals surface area contributed by atoms with E-state index in [9.17, 15) is 18.3 Å². The maximum atomic E-state index is 12.9. The number of hydrogen-bond donors (Lipinski definition) is 2. The maximum Gasteiger partial charge on any atom is 0.247 e. The van der Waals surface area contributed by atoms with Crippen molar-refractivity contribution >= 4 is 21.6 Å². The Morgan fingerprint density at radius 2 is 1.74 bits per heavy atom. The normalized spacial score (nSPS) is 17.7. The highest BCUT2D eigenvalue weighted by Gasteiger charge is 2.47. The minimum atomic E-state index is -3.72. The van der Waals surface area contributed by atoms with Crippen LogP contribution < -0.4 is 5.32 Å². The monoisotopic (exact) mass is 402 g/mol. The fraction of sp³-hybridized carbons (Fsp3) is 0.778. The van der Waals surface area contributed by atoms with Gasteiger partial charge >= 0.3 is 0 Å². The summed E-state index contributed by atoms with van der Waals surface area (Å²) in [6, 6.07) is 1.51. The second-order valence-corrected chi connectivity index (χ2v) is 11.4. The molecule has 1 aromatic heterocycles. The summed E-state index contributed by atoms with van der Waals surface area (Å²) in [6.07, 6.45) is 0.760. The van der Waals surface area contributed by atoms with Crippen LogP contribution in [0.25, 0.3) is 0 Å². The lowest BCUT2D eigenvalue weighted by Gasteiger charge is -2.35. The van der Waals surface area contributed by atoms with Crippen molar-refractivity contribution in [3.8, 4) is 0 Å². The molecule has 1 fully saturated rings. The van der Waals surface area contributed by atoms with E-state index in [0.29, 0.717) is 31.7 Å². The number of rotatable bonds is 6. The van der Waals surface area contributed by atoms with Crippen LogP contribution in [-0.4, -0.2) is 53.4 Å². The van der Waals surface area contributed by atoms with Gasteiger partial charge in [-0.3, -0.25) is 10.1 Å². The van der Waals surface area contributed by atoms with Crippen molar-refractivity contribution in [2.45, 2.75) is 75.4 Å². The van der Waals surface area contributed by atoms with E-state index in [4.69, 9.17) is 9.26 Å². The van der Waals surface area contributed by atoms with E-state index in [1.807, 2.05) is 0 Å². The van der Waals surface area contributed by atoms with Crippen LogP contribution in [0, 0.1) is 0 Å². The summed E-state index contributed by atoms with van der Waals surface area (Å²) in [4.78, 5) is 12.7. The predicted molar refractivity (Wildman–Crippen MR) is 101 cm³/mol. The third kappa shape index (κ3) is 4.05. The number of carbonyl (C=O) groups excluding carboxylic acids is 1. The van der Waals surface area contributed by atoms with Gasteiger partial charge in [0.2, 0.25) is 11.8 Å². The van der Waals surface area contributed by atoms with Gasteiger partial charge in [0.05, 0.1) is 16.5 Å². The number of amides is 1. The molecular formula is C18H30N2O6S. The van der Waals surface area contributed by atoms with Crippen molar-refractivity contribution in [1.29, 1.82) is 0 Å². The van der Waals surface area contributed by atoms with Crippen molar-refractivity contribution in [3.63, 3.8) is 0 Å². The number of anilines is 1. The summed E-state index contributed by atoms with van der Waals surface area (Å²) in [5.41, 5.74) is -1.35. The van der Waals surface area contributed by atoms with E-state index < -0.39 is 36.8 Å². The van der Waals surface area contributed by atoms with Gasteiger partial charge in [0.25, 0.3) is 0 Å². The lowest BCUT2D eigenvalue weighted by molar-refractivity contribution is -0.118. The topological polar surface area (TPSA) is 119 Å². The highest BCUT2D eigenvalue weighted by Crippen LogP contribution is 2.35. The molecule has 0 spiro atoms. The molecule has 9 heteroatoms. The van der Waals surface area contributed by atoms with E-state index >= 15 is 0 Å². The fourth-order valence-corrected chi connectivity index (χ4v) is 4.69. The first-order valence-electron chi connectivity index (χ1n) is 9.03.